The van der Waals surface area contributed by atoms with Gasteiger partial charge in [-0.25, -0.2) is 9.97 Å². The monoisotopic (exact) mass is 271 g/mol. The minimum atomic E-state index is 0.414. The summed E-state index contributed by atoms with van der Waals surface area (Å²) < 4.78 is 5.15. The zero-order valence-corrected chi connectivity index (χ0v) is 12.5. The molecule has 0 aliphatic rings. The van der Waals surface area contributed by atoms with Gasteiger partial charge in [-0.15, -0.1) is 0 Å². The van der Waals surface area contributed by atoms with Crippen LogP contribution in [0.4, 0.5) is 5.82 Å². The molecule has 0 saturated carbocycles. The summed E-state index contributed by atoms with van der Waals surface area (Å²) in [6.45, 7) is 7.49. The van der Waals surface area contributed by atoms with E-state index < -0.39 is 0 Å². The Morgan fingerprint density at radius 2 is 1.75 bits per heavy atom. The van der Waals surface area contributed by atoms with Crippen LogP contribution in [-0.2, 0) is 11.3 Å². The van der Waals surface area contributed by atoms with E-state index in [1.54, 1.807) is 7.11 Å². The van der Waals surface area contributed by atoms with Crippen LogP contribution in [0.15, 0.2) is 24.3 Å². The predicted molar refractivity (Wildman–Crippen MR) is 81.8 cm³/mol. The maximum Gasteiger partial charge on any atom is 0.157 e. The summed E-state index contributed by atoms with van der Waals surface area (Å²) >= 11 is 0. The molecule has 0 spiro atoms. The average Bonchev–Trinajstić information content (AvgIpc) is 2.38. The maximum atomic E-state index is 5.15. The minimum absolute atomic E-state index is 0.414. The number of benzene rings is 1. The zero-order chi connectivity index (χ0) is 14.5. The van der Waals surface area contributed by atoms with Crippen LogP contribution in [-0.4, -0.2) is 23.6 Å². The van der Waals surface area contributed by atoms with Gasteiger partial charge in [0.15, 0.2) is 5.82 Å². The lowest BCUT2D eigenvalue weighted by Crippen LogP contribution is -2.05. The number of nitrogens with zero attached hydrogens (tertiary/aromatic N) is 2. The summed E-state index contributed by atoms with van der Waals surface area (Å²) in [6.07, 6.45) is 0. The Kier molecular flexibility index (Phi) is 4.69. The van der Waals surface area contributed by atoms with Gasteiger partial charge in [-0.05, 0) is 32.9 Å². The summed E-state index contributed by atoms with van der Waals surface area (Å²) in [5.74, 6) is 1.53. The van der Waals surface area contributed by atoms with Gasteiger partial charge in [0.1, 0.15) is 12.4 Å². The van der Waals surface area contributed by atoms with Gasteiger partial charge in [0.25, 0.3) is 0 Å². The number of nitrogens with one attached hydrogen (secondary N) is 1. The molecule has 0 aliphatic carbocycles. The fourth-order valence-electron chi connectivity index (χ4n) is 2.23. The van der Waals surface area contributed by atoms with Crippen molar-refractivity contribution in [1.82, 2.24) is 9.97 Å². The van der Waals surface area contributed by atoms with E-state index in [1.165, 1.54) is 11.1 Å². The number of hydrogen-bond donors (Lipinski definition) is 1. The van der Waals surface area contributed by atoms with E-state index in [-0.39, 0.29) is 0 Å². The molecule has 106 valence electrons. The first-order chi connectivity index (χ1) is 9.62. The predicted octanol–water partition coefficient (Wildman–Crippen LogP) is 3.34. The van der Waals surface area contributed by atoms with Gasteiger partial charge in [-0.3, -0.25) is 0 Å². The molecule has 1 heterocycles. The van der Waals surface area contributed by atoms with Crippen LogP contribution < -0.4 is 5.32 Å². The van der Waals surface area contributed by atoms with Gasteiger partial charge >= 0.3 is 0 Å². The summed E-state index contributed by atoms with van der Waals surface area (Å²) in [7, 11) is 1.65. The molecule has 0 unspecified atom stereocenters. The van der Waals surface area contributed by atoms with E-state index in [1.807, 2.05) is 6.07 Å². The average molecular weight is 271 g/mol. The first kappa shape index (κ1) is 14.5. The Bertz CT molecular complexity index is 552. The Hall–Kier alpha value is -1.94. The molecule has 0 atom stereocenters. The summed E-state index contributed by atoms with van der Waals surface area (Å²) in [5.41, 5.74) is 4.50. The SMILES string of the molecule is CCNc1cc(-c2cc(C)cc(C)c2)nc(COC)n1. The molecule has 0 amide bonds. The first-order valence-electron chi connectivity index (χ1n) is 6.81. The molecule has 1 aromatic carbocycles. The third-order valence-electron chi connectivity index (χ3n) is 2.92. The van der Waals surface area contributed by atoms with Crippen LogP contribution >= 0.6 is 0 Å². The third kappa shape index (κ3) is 3.54. The number of anilines is 1. The van der Waals surface area contributed by atoms with Gasteiger partial charge in [0, 0.05) is 25.3 Å². The van der Waals surface area contributed by atoms with Crippen LogP contribution in [0.5, 0.6) is 0 Å². The van der Waals surface area contributed by atoms with Crippen molar-refractivity contribution in [2.75, 3.05) is 19.0 Å². The van der Waals surface area contributed by atoms with Crippen LogP contribution in [0.1, 0.15) is 23.9 Å². The molecule has 0 bridgehead atoms. The van der Waals surface area contributed by atoms with E-state index in [0.29, 0.717) is 12.4 Å². The molecule has 0 saturated heterocycles. The molecule has 4 nitrogen and oxygen atoms in total. The number of hydrogen-bond acceptors (Lipinski definition) is 4. The molecule has 1 N–H and O–H groups in total. The summed E-state index contributed by atoms with van der Waals surface area (Å²) in [6, 6.07) is 8.42. The molecule has 20 heavy (non-hydrogen) atoms. The molecule has 2 rings (SSSR count). The van der Waals surface area contributed by atoms with Crippen molar-refractivity contribution >= 4 is 5.82 Å². The lowest BCUT2D eigenvalue weighted by Gasteiger charge is -2.10. The molecular weight excluding hydrogens is 250 g/mol. The van der Waals surface area contributed by atoms with Gasteiger partial charge in [-0.1, -0.05) is 17.2 Å². The smallest absolute Gasteiger partial charge is 0.157 e. The molecule has 0 fully saturated rings. The number of rotatable bonds is 5. The van der Waals surface area contributed by atoms with Gasteiger partial charge in [0.2, 0.25) is 0 Å². The number of aryl methyl sites for hydroxylation is 2. The second-order valence-electron chi connectivity index (χ2n) is 4.89. The van der Waals surface area contributed by atoms with Crippen molar-refractivity contribution < 1.29 is 4.74 Å². The molecule has 2 aromatic rings. The highest BCUT2D eigenvalue weighted by atomic mass is 16.5. The Labute approximate surface area is 120 Å². The lowest BCUT2D eigenvalue weighted by molar-refractivity contribution is 0.178. The fourth-order valence-corrected chi connectivity index (χ4v) is 2.23. The second-order valence-corrected chi connectivity index (χ2v) is 4.89. The van der Waals surface area contributed by atoms with Crippen molar-refractivity contribution in [3.8, 4) is 11.3 Å². The topological polar surface area (TPSA) is 47.0 Å². The van der Waals surface area contributed by atoms with E-state index in [4.69, 9.17) is 4.74 Å². The maximum absolute atomic E-state index is 5.15. The van der Waals surface area contributed by atoms with Crippen LogP contribution in [0.2, 0.25) is 0 Å². The molecule has 1 aromatic heterocycles. The highest BCUT2D eigenvalue weighted by Crippen LogP contribution is 2.22. The highest BCUT2D eigenvalue weighted by Gasteiger charge is 2.07. The minimum Gasteiger partial charge on any atom is -0.377 e. The lowest BCUT2D eigenvalue weighted by atomic mass is 10.0. The van der Waals surface area contributed by atoms with E-state index in [2.05, 4.69) is 54.3 Å². The number of aromatic nitrogens is 2. The number of ether oxygens (including phenoxy) is 1. The van der Waals surface area contributed by atoms with Crippen molar-refractivity contribution in [3.05, 3.63) is 41.2 Å². The van der Waals surface area contributed by atoms with Gasteiger partial charge < -0.3 is 10.1 Å². The summed E-state index contributed by atoms with van der Waals surface area (Å²) in [4.78, 5) is 9.02. The Morgan fingerprint density at radius 3 is 2.35 bits per heavy atom. The molecule has 0 radical (unpaired) electrons. The fraction of sp³-hybridized carbons (Fsp3) is 0.375. The van der Waals surface area contributed by atoms with E-state index in [9.17, 15) is 0 Å². The second kappa shape index (κ2) is 6.48. The largest absolute Gasteiger partial charge is 0.377 e. The molecule has 4 heteroatoms. The highest BCUT2D eigenvalue weighted by molar-refractivity contribution is 5.64. The van der Waals surface area contributed by atoms with Crippen molar-refractivity contribution in [3.63, 3.8) is 0 Å². The van der Waals surface area contributed by atoms with Crippen LogP contribution in [0.3, 0.4) is 0 Å². The van der Waals surface area contributed by atoms with Crippen LogP contribution in [0, 0.1) is 13.8 Å². The Morgan fingerprint density at radius 1 is 1.05 bits per heavy atom. The first-order valence-corrected chi connectivity index (χ1v) is 6.81. The third-order valence-corrected chi connectivity index (χ3v) is 2.92. The van der Waals surface area contributed by atoms with Gasteiger partial charge in [-0.2, -0.15) is 0 Å². The van der Waals surface area contributed by atoms with Crippen molar-refractivity contribution in [1.29, 1.82) is 0 Å². The molecule has 0 aliphatic heterocycles. The van der Waals surface area contributed by atoms with Gasteiger partial charge in [0.05, 0.1) is 5.69 Å². The standard InChI is InChI=1S/C16H21N3O/c1-5-17-15-9-14(18-16(19-15)10-20-4)13-7-11(2)6-12(3)8-13/h6-9H,5,10H2,1-4H3,(H,17,18,19). The molecular formula is C16H21N3O. The zero-order valence-electron chi connectivity index (χ0n) is 12.5. The van der Waals surface area contributed by atoms with Crippen LogP contribution in [0.25, 0.3) is 11.3 Å². The van der Waals surface area contributed by atoms with E-state index in [0.717, 1.165) is 23.6 Å². The van der Waals surface area contributed by atoms with E-state index >= 15 is 0 Å². The number of methoxy groups -OCH3 is 1. The van der Waals surface area contributed by atoms with Crippen molar-refractivity contribution in [2.24, 2.45) is 0 Å². The Balaban J connectivity index is 2.48. The van der Waals surface area contributed by atoms with Crippen molar-refractivity contribution in [2.45, 2.75) is 27.4 Å². The quantitative estimate of drug-likeness (QED) is 0.906. The summed E-state index contributed by atoms with van der Waals surface area (Å²) in [5, 5.41) is 3.24. The normalized spacial score (nSPS) is 10.6.